The summed E-state index contributed by atoms with van der Waals surface area (Å²) in [5.74, 6) is 0.0972. The van der Waals surface area contributed by atoms with Crippen molar-refractivity contribution in [3.63, 3.8) is 0 Å². The van der Waals surface area contributed by atoms with Crippen molar-refractivity contribution < 1.29 is 19.8 Å². The fourth-order valence-electron chi connectivity index (χ4n) is 0.978. The summed E-state index contributed by atoms with van der Waals surface area (Å²) in [6.45, 7) is -0.271. The van der Waals surface area contributed by atoms with Crippen LogP contribution in [0, 0.1) is 0 Å². The highest BCUT2D eigenvalue weighted by atomic mass is 16.6. The number of hydrogen-bond acceptors (Lipinski definition) is 5. The second kappa shape index (κ2) is 4.13. The van der Waals surface area contributed by atoms with Gasteiger partial charge in [0.05, 0.1) is 12.3 Å². The number of benzene rings is 1. The highest BCUT2D eigenvalue weighted by Crippen LogP contribution is 2.26. The first-order valence-corrected chi connectivity index (χ1v) is 3.66. The number of nitrogens with two attached hydrogens (primary N) is 1. The lowest BCUT2D eigenvalue weighted by molar-refractivity contribution is 0.264. The molecule has 1 aromatic rings. The van der Waals surface area contributed by atoms with Crippen molar-refractivity contribution in [2.45, 2.75) is 6.61 Å². The summed E-state index contributed by atoms with van der Waals surface area (Å²) in [6.07, 6.45) is 0. The average molecular weight is 183 g/mol. The number of anilines is 1. The Balaban J connectivity index is 3.00. The van der Waals surface area contributed by atoms with Crippen LogP contribution in [0.2, 0.25) is 0 Å². The Labute approximate surface area is 75.6 Å². The molecule has 6 heteroatoms. The highest BCUT2D eigenvalue weighted by molar-refractivity contribution is 6.34. The molecule has 13 heavy (non-hydrogen) atoms. The van der Waals surface area contributed by atoms with Crippen LogP contribution in [0.1, 0.15) is 5.56 Å². The molecule has 1 rings (SSSR count). The van der Waals surface area contributed by atoms with Gasteiger partial charge in [0.2, 0.25) is 0 Å². The zero-order valence-electron chi connectivity index (χ0n) is 6.84. The third kappa shape index (κ3) is 2.35. The molecule has 0 saturated carbocycles. The van der Waals surface area contributed by atoms with Gasteiger partial charge in [-0.15, -0.1) is 0 Å². The summed E-state index contributed by atoms with van der Waals surface area (Å²) >= 11 is 0. The first kappa shape index (κ1) is 9.85. The molecular formula is C7H10BNO4. The van der Waals surface area contributed by atoms with E-state index in [-0.39, 0.29) is 18.0 Å². The van der Waals surface area contributed by atoms with Crippen molar-refractivity contribution in [3.8, 4) is 5.75 Å². The Hall–Kier alpha value is -1.24. The van der Waals surface area contributed by atoms with Gasteiger partial charge >= 0.3 is 7.32 Å². The molecule has 0 spiro atoms. The first-order valence-electron chi connectivity index (χ1n) is 3.66. The monoisotopic (exact) mass is 183 g/mol. The largest absolute Gasteiger partial charge is 0.707 e. The summed E-state index contributed by atoms with van der Waals surface area (Å²) in [5.41, 5.74) is 6.15. The van der Waals surface area contributed by atoms with E-state index in [4.69, 9.17) is 20.9 Å². The number of nitrogen functional groups attached to an aromatic ring is 1. The van der Waals surface area contributed by atoms with Crippen molar-refractivity contribution >= 4 is 13.0 Å². The van der Waals surface area contributed by atoms with Gasteiger partial charge in [-0.05, 0) is 6.07 Å². The summed E-state index contributed by atoms with van der Waals surface area (Å²) in [7, 11) is -1.94. The van der Waals surface area contributed by atoms with Crippen LogP contribution >= 0.6 is 0 Å². The van der Waals surface area contributed by atoms with Crippen molar-refractivity contribution in [3.05, 3.63) is 23.8 Å². The van der Waals surface area contributed by atoms with Crippen LogP contribution in [0.4, 0.5) is 5.69 Å². The van der Waals surface area contributed by atoms with Crippen molar-refractivity contribution in [2.75, 3.05) is 5.73 Å². The standard InChI is InChI=1S/C7H10BNO4/c9-6-3-1-2-5(4-10)7(6)13-8(11)12/h1-3,10-12H,4,9H2. The number of para-hydroxylation sites is 1. The molecule has 0 aliphatic rings. The van der Waals surface area contributed by atoms with Gasteiger partial charge in [-0.3, -0.25) is 0 Å². The van der Waals surface area contributed by atoms with E-state index in [9.17, 15) is 0 Å². The van der Waals surface area contributed by atoms with E-state index in [2.05, 4.69) is 4.65 Å². The SMILES string of the molecule is Nc1cccc(CO)c1OB(O)O. The molecule has 0 aromatic heterocycles. The molecule has 0 fully saturated rings. The van der Waals surface area contributed by atoms with Gasteiger partial charge in [-0.2, -0.15) is 0 Å². The van der Waals surface area contributed by atoms with Crippen LogP contribution in [-0.4, -0.2) is 22.5 Å². The van der Waals surface area contributed by atoms with Gasteiger partial charge < -0.3 is 25.5 Å². The van der Waals surface area contributed by atoms with Crippen molar-refractivity contribution in [1.29, 1.82) is 0 Å². The fraction of sp³-hybridized carbons (Fsp3) is 0.143. The molecule has 5 N–H and O–H groups in total. The quantitative estimate of drug-likeness (QED) is 0.360. The topological polar surface area (TPSA) is 95.9 Å². The minimum Gasteiger partial charge on any atom is -0.510 e. The Morgan fingerprint density at radius 2 is 2.08 bits per heavy atom. The minimum absolute atomic E-state index is 0.0972. The Morgan fingerprint density at radius 3 is 2.62 bits per heavy atom. The van der Waals surface area contributed by atoms with Crippen molar-refractivity contribution in [1.82, 2.24) is 0 Å². The molecular weight excluding hydrogens is 173 g/mol. The zero-order valence-corrected chi connectivity index (χ0v) is 6.84. The van der Waals surface area contributed by atoms with E-state index in [0.717, 1.165) is 0 Å². The van der Waals surface area contributed by atoms with E-state index in [0.29, 0.717) is 5.56 Å². The van der Waals surface area contributed by atoms with Gasteiger partial charge in [-0.1, -0.05) is 12.1 Å². The summed E-state index contributed by atoms with van der Waals surface area (Å²) < 4.78 is 4.59. The average Bonchev–Trinajstić information content (AvgIpc) is 2.08. The Bertz CT molecular complexity index is 292. The van der Waals surface area contributed by atoms with Gasteiger partial charge in [0.1, 0.15) is 5.75 Å². The van der Waals surface area contributed by atoms with E-state index in [1.165, 1.54) is 6.07 Å². The lowest BCUT2D eigenvalue weighted by Gasteiger charge is -2.11. The van der Waals surface area contributed by atoms with E-state index in [1.807, 2.05) is 0 Å². The van der Waals surface area contributed by atoms with Crippen LogP contribution in [0.5, 0.6) is 5.75 Å². The van der Waals surface area contributed by atoms with Crippen molar-refractivity contribution in [2.24, 2.45) is 0 Å². The summed E-state index contributed by atoms with van der Waals surface area (Å²) in [4.78, 5) is 0. The second-order valence-corrected chi connectivity index (χ2v) is 2.44. The molecule has 0 heterocycles. The lowest BCUT2D eigenvalue weighted by Crippen LogP contribution is -2.22. The van der Waals surface area contributed by atoms with Crippen LogP contribution in [-0.2, 0) is 6.61 Å². The Kier molecular flexibility index (Phi) is 3.13. The molecule has 70 valence electrons. The number of aliphatic hydroxyl groups is 1. The Morgan fingerprint density at radius 1 is 1.38 bits per heavy atom. The maximum absolute atomic E-state index is 8.86. The molecule has 5 nitrogen and oxygen atoms in total. The predicted molar refractivity (Wildman–Crippen MR) is 47.6 cm³/mol. The molecule has 0 aliphatic heterocycles. The van der Waals surface area contributed by atoms with Gasteiger partial charge in [0.25, 0.3) is 0 Å². The lowest BCUT2D eigenvalue weighted by atomic mass is 10.1. The zero-order chi connectivity index (χ0) is 9.84. The van der Waals surface area contributed by atoms with Gasteiger partial charge in [0, 0.05) is 5.56 Å². The molecule has 0 atom stereocenters. The molecule has 0 radical (unpaired) electrons. The molecule has 0 bridgehead atoms. The highest BCUT2D eigenvalue weighted by Gasteiger charge is 2.15. The van der Waals surface area contributed by atoms with E-state index < -0.39 is 7.32 Å². The van der Waals surface area contributed by atoms with Crippen LogP contribution in [0.15, 0.2) is 18.2 Å². The molecule has 0 amide bonds. The van der Waals surface area contributed by atoms with E-state index in [1.54, 1.807) is 12.1 Å². The third-order valence-electron chi connectivity index (χ3n) is 1.52. The minimum atomic E-state index is -1.94. The summed E-state index contributed by atoms with van der Waals surface area (Å²) in [6, 6.07) is 4.75. The third-order valence-corrected chi connectivity index (χ3v) is 1.52. The maximum atomic E-state index is 8.86. The normalized spacial score (nSPS) is 9.77. The fourth-order valence-corrected chi connectivity index (χ4v) is 0.978. The smallest absolute Gasteiger partial charge is 0.510 e. The second-order valence-electron chi connectivity index (χ2n) is 2.44. The predicted octanol–water partition coefficient (Wildman–Crippen LogP) is -0.891. The molecule has 1 aromatic carbocycles. The van der Waals surface area contributed by atoms with Crippen LogP contribution < -0.4 is 10.4 Å². The first-order chi connectivity index (χ1) is 6.15. The summed E-state index contributed by atoms with van der Waals surface area (Å²) in [5, 5.41) is 25.9. The maximum Gasteiger partial charge on any atom is 0.707 e. The molecule has 0 unspecified atom stereocenters. The van der Waals surface area contributed by atoms with Crippen LogP contribution in [0.25, 0.3) is 0 Å². The van der Waals surface area contributed by atoms with Crippen LogP contribution in [0.3, 0.4) is 0 Å². The number of hydrogen-bond donors (Lipinski definition) is 4. The van der Waals surface area contributed by atoms with Gasteiger partial charge in [0.15, 0.2) is 0 Å². The molecule has 0 saturated heterocycles. The van der Waals surface area contributed by atoms with E-state index >= 15 is 0 Å². The molecule has 0 aliphatic carbocycles. The number of aliphatic hydroxyl groups excluding tert-OH is 1. The van der Waals surface area contributed by atoms with Gasteiger partial charge in [-0.25, -0.2) is 0 Å². The number of rotatable bonds is 3.